The Hall–Kier alpha value is -1.63. The molecular formula is C24H37NO5. The van der Waals surface area contributed by atoms with Gasteiger partial charge in [0.25, 0.3) is 0 Å². The van der Waals surface area contributed by atoms with Crippen LogP contribution in [-0.2, 0) is 9.47 Å². The van der Waals surface area contributed by atoms with Crippen LogP contribution in [-0.4, -0.2) is 69.5 Å². The van der Waals surface area contributed by atoms with Crippen LogP contribution in [0.15, 0.2) is 18.2 Å². The van der Waals surface area contributed by atoms with Crippen molar-refractivity contribution in [3.8, 4) is 11.5 Å². The van der Waals surface area contributed by atoms with Crippen LogP contribution in [0, 0.1) is 0 Å². The van der Waals surface area contributed by atoms with E-state index < -0.39 is 0 Å². The van der Waals surface area contributed by atoms with Crippen LogP contribution in [0.4, 0.5) is 0 Å². The average Bonchev–Trinajstić information content (AvgIpc) is 3.26. The summed E-state index contributed by atoms with van der Waals surface area (Å²) >= 11 is 0. The van der Waals surface area contributed by atoms with Crippen molar-refractivity contribution in [2.45, 2.75) is 70.1 Å². The summed E-state index contributed by atoms with van der Waals surface area (Å²) in [5.74, 6) is 1.15. The van der Waals surface area contributed by atoms with Gasteiger partial charge in [-0.05, 0) is 43.9 Å². The van der Waals surface area contributed by atoms with Gasteiger partial charge in [-0.3, -0.25) is 9.69 Å². The summed E-state index contributed by atoms with van der Waals surface area (Å²) in [4.78, 5) is 15.3. The van der Waals surface area contributed by atoms with E-state index >= 15 is 0 Å². The van der Waals surface area contributed by atoms with Crippen LogP contribution in [0.5, 0.6) is 11.5 Å². The zero-order chi connectivity index (χ0) is 21.3. The van der Waals surface area contributed by atoms with Crippen molar-refractivity contribution in [3.05, 3.63) is 23.8 Å². The fourth-order valence-corrected chi connectivity index (χ4v) is 4.55. The molecule has 0 spiro atoms. The van der Waals surface area contributed by atoms with E-state index in [1.165, 1.54) is 12.8 Å². The third-order valence-corrected chi connectivity index (χ3v) is 6.30. The van der Waals surface area contributed by atoms with Gasteiger partial charge in [0.2, 0.25) is 0 Å². The van der Waals surface area contributed by atoms with Crippen LogP contribution in [0.3, 0.4) is 0 Å². The van der Waals surface area contributed by atoms with Crippen molar-refractivity contribution in [2.75, 3.05) is 40.5 Å². The highest BCUT2D eigenvalue weighted by atomic mass is 16.5. The zero-order valence-corrected chi connectivity index (χ0v) is 18.7. The Bertz CT molecular complexity index is 680. The predicted octanol–water partition coefficient (Wildman–Crippen LogP) is 4.11. The highest BCUT2D eigenvalue weighted by molar-refractivity contribution is 5.97. The molecule has 1 saturated carbocycles. The van der Waals surface area contributed by atoms with Gasteiger partial charge in [-0.15, -0.1) is 0 Å². The van der Waals surface area contributed by atoms with Gasteiger partial charge in [0.05, 0.1) is 26.4 Å². The number of Topliss-reactive ketones (excluding diaryl/α,β-unsaturated/α-hetero) is 1. The van der Waals surface area contributed by atoms with Crippen molar-refractivity contribution in [2.24, 2.45) is 0 Å². The van der Waals surface area contributed by atoms with E-state index in [9.17, 15) is 4.79 Å². The second-order valence-corrected chi connectivity index (χ2v) is 8.32. The highest BCUT2D eigenvalue weighted by Gasteiger charge is 2.35. The molecule has 168 valence electrons. The van der Waals surface area contributed by atoms with Crippen molar-refractivity contribution in [3.63, 3.8) is 0 Å². The second kappa shape index (κ2) is 11.7. The Morgan fingerprint density at radius 1 is 1.07 bits per heavy atom. The van der Waals surface area contributed by atoms with E-state index in [0.717, 1.165) is 51.8 Å². The number of ketones is 1. The van der Waals surface area contributed by atoms with Gasteiger partial charge < -0.3 is 18.9 Å². The van der Waals surface area contributed by atoms with Crippen molar-refractivity contribution < 1.29 is 23.7 Å². The molecule has 0 unspecified atom stereocenters. The van der Waals surface area contributed by atoms with Gasteiger partial charge in [-0.25, -0.2) is 0 Å². The minimum absolute atomic E-state index is 0.0255. The van der Waals surface area contributed by atoms with Crippen LogP contribution in [0.1, 0.15) is 62.2 Å². The minimum atomic E-state index is -0.0255. The Balaban J connectivity index is 1.54. The molecule has 0 bridgehead atoms. The summed E-state index contributed by atoms with van der Waals surface area (Å²) in [6, 6.07) is 5.64. The Morgan fingerprint density at radius 2 is 1.87 bits per heavy atom. The number of methoxy groups -OCH3 is 2. The summed E-state index contributed by atoms with van der Waals surface area (Å²) in [6.45, 7) is 5.20. The van der Waals surface area contributed by atoms with Gasteiger partial charge in [0.1, 0.15) is 6.61 Å². The summed E-state index contributed by atoms with van der Waals surface area (Å²) in [6.07, 6.45) is 8.38. The third kappa shape index (κ3) is 5.96. The quantitative estimate of drug-likeness (QED) is 0.397. The fourth-order valence-electron chi connectivity index (χ4n) is 4.55. The minimum Gasteiger partial charge on any atom is -0.493 e. The molecule has 6 heteroatoms. The molecule has 3 atom stereocenters. The number of benzene rings is 1. The maximum atomic E-state index is 12.7. The molecule has 1 aliphatic carbocycles. The average molecular weight is 420 g/mol. The van der Waals surface area contributed by atoms with E-state index in [1.807, 2.05) is 0 Å². The lowest BCUT2D eigenvalue weighted by molar-refractivity contribution is -0.0293. The first kappa shape index (κ1) is 23.0. The molecule has 0 aromatic heterocycles. The number of ether oxygens (including phenoxy) is 4. The summed E-state index contributed by atoms with van der Waals surface area (Å²) in [7, 11) is 3.16. The fraction of sp³-hybridized carbons (Fsp3) is 0.708. The lowest BCUT2D eigenvalue weighted by Crippen LogP contribution is -2.46. The molecular weight excluding hydrogens is 382 g/mol. The molecule has 2 fully saturated rings. The predicted molar refractivity (Wildman–Crippen MR) is 117 cm³/mol. The number of rotatable bonds is 11. The van der Waals surface area contributed by atoms with Crippen molar-refractivity contribution >= 4 is 5.78 Å². The lowest BCUT2D eigenvalue weighted by Gasteiger charge is -2.37. The number of hydrogen-bond donors (Lipinski definition) is 0. The molecule has 30 heavy (non-hydrogen) atoms. The molecule has 1 heterocycles. The molecule has 1 aliphatic heterocycles. The van der Waals surface area contributed by atoms with E-state index in [0.29, 0.717) is 29.2 Å². The molecule has 1 saturated heterocycles. The largest absolute Gasteiger partial charge is 0.493 e. The van der Waals surface area contributed by atoms with Crippen molar-refractivity contribution in [1.29, 1.82) is 0 Å². The molecule has 1 aromatic rings. The standard InChI is InChI=1S/C24H37NO5/c1-4-5-14-29-19-12-13-25(16-19)20-8-6-7-9-22(20)30-17-21(26)18-10-11-23(27-2)24(15-18)28-3/h10-11,15,19-20,22H,4-9,12-14,16-17H2,1-3H3/t19-,20-,22-/m1/s1. The summed E-state index contributed by atoms with van der Waals surface area (Å²) in [5, 5.41) is 0. The number of hydrogen-bond acceptors (Lipinski definition) is 6. The molecule has 2 aliphatic rings. The first-order chi connectivity index (χ1) is 14.7. The SMILES string of the molecule is CCCCO[C@@H]1CCN([C@@H]2CCCC[C@H]2OCC(=O)c2ccc(OC)c(OC)c2)C1. The Morgan fingerprint density at radius 3 is 2.63 bits per heavy atom. The van der Waals surface area contributed by atoms with Crippen LogP contribution >= 0.6 is 0 Å². The van der Waals surface area contributed by atoms with Gasteiger partial charge in [-0.2, -0.15) is 0 Å². The number of carbonyl (C=O) groups is 1. The van der Waals surface area contributed by atoms with Crippen LogP contribution < -0.4 is 9.47 Å². The van der Waals surface area contributed by atoms with E-state index in [-0.39, 0.29) is 18.5 Å². The van der Waals surface area contributed by atoms with Crippen LogP contribution in [0.25, 0.3) is 0 Å². The smallest absolute Gasteiger partial charge is 0.188 e. The molecule has 0 radical (unpaired) electrons. The van der Waals surface area contributed by atoms with Crippen molar-refractivity contribution in [1.82, 2.24) is 4.90 Å². The van der Waals surface area contributed by atoms with Gasteiger partial charge in [0.15, 0.2) is 17.3 Å². The lowest BCUT2D eigenvalue weighted by atomic mass is 9.91. The molecule has 6 nitrogen and oxygen atoms in total. The Labute approximate surface area is 180 Å². The Kier molecular flexibility index (Phi) is 8.97. The van der Waals surface area contributed by atoms with Crippen LogP contribution in [0.2, 0.25) is 0 Å². The highest BCUT2D eigenvalue weighted by Crippen LogP contribution is 2.30. The van der Waals surface area contributed by atoms with Gasteiger partial charge in [0, 0.05) is 31.3 Å². The normalized spacial score (nSPS) is 24.7. The van der Waals surface area contributed by atoms with E-state index in [2.05, 4.69) is 11.8 Å². The first-order valence-electron chi connectivity index (χ1n) is 11.4. The maximum absolute atomic E-state index is 12.7. The molecule has 0 amide bonds. The summed E-state index contributed by atoms with van der Waals surface area (Å²) < 4.78 is 22.8. The maximum Gasteiger partial charge on any atom is 0.188 e. The summed E-state index contributed by atoms with van der Waals surface area (Å²) in [5.41, 5.74) is 0.588. The molecule has 1 aromatic carbocycles. The number of unbranched alkanes of at least 4 members (excludes halogenated alkanes) is 1. The molecule has 3 rings (SSSR count). The van der Waals surface area contributed by atoms with Gasteiger partial charge >= 0.3 is 0 Å². The number of carbonyl (C=O) groups excluding carboxylic acids is 1. The number of likely N-dealkylation sites (tertiary alicyclic amines) is 1. The van der Waals surface area contributed by atoms with E-state index in [1.54, 1.807) is 32.4 Å². The first-order valence-corrected chi connectivity index (χ1v) is 11.4. The second-order valence-electron chi connectivity index (χ2n) is 8.32. The zero-order valence-electron chi connectivity index (χ0n) is 18.7. The molecule has 0 N–H and O–H groups in total. The monoisotopic (exact) mass is 419 g/mol. The topological polar surface area (TPSA) is 57.2 Å². The van der Waals surface area contributed by atoms with E-state index in [4.69, 9.17) is 18.9 Å². The third-order valence-electron chi connectivity index (χ3n) is 6.30. The van der Waals surface area contributed by atoms with Gasteiger partial charge in [-0.1, -0.05) is 26.2 Å². The number of nitrogens with zero attached hydrogens (tertiary/aromatic N) is 1.